The lowest BCUT2D eigenvalue weighted by Gasteiger charge is -2.28. The van der Waals surface area contributed by atoms with Crippen molar-refractivity contribution in [3.63, 3.8) is 0 Å². The molecule has 0 aromatic rings. The Kier molecular flexibility index (Phi) is 5.18. The van der Waals surface area contributed by atoms with E-state index in [9.17, 15) is 9.59 Å². The molecule has 0 N–H and O–H groups in total. The number of carbonyl (C=O) groups is 2. The van der Waals surface area contributed by atoms with E-state index in [0.29, 0.717) is 37.3 Å². The standard InChI is InChI=1S/C22H30O6/c23-21(15-5-7-17-19(9-15)27-17)25-11-13-1-2-14(4-3-13)12-26-22(24)16-6-8-18-20(10-16)28-18/h5,7,13-20H,1-4,6,8-12H2. The minimum Gasteiger partial charge on any atom is -0.465 e. The summed E-state index contributed by atoms with van der Waals surface area (Å²) in [6, 6.07) is 0. The van der Waals surface area contributed by atoms with E-state index in [-0.39, 0.29) is 36.0 Å². The van der Waals surface area contributed by atoms with Crippen molar-refractivity contribution in [3.05, 3.63) is 12.2 Å². The summed E-state index contributed by atoms with van der Waals surface area (Å²) in [4.78, 5) is 24.5. The maximum absolute atomic E-state index is 12.3. The molecule has 28 heavy (non-hydrogen) atoms. The first kappa shape index (κ1) is 18.6. The third-order valence-electron chi connectivity index (χ3n) is 7.17. The molecule has 6 heteroatoms. The molecule has 0 bridgehead atoms. The van der Waals surface area contributed by atoms with Crippen molar-refractivity contribution in [1.82, 2.24) is 0 Å². The Balaban J connectivity index is 0.970. The van der Waals surface area contributed by atoms with Crippen LogP contribution < -0.4 is 0 Å². The number of carbonyl (C=O) groups excluding carboxylic acids is 2. The molecule has 4 fully saturated rings. The molecular formula is C22H30O6. The summed E-state index contributed by atoms with van der Waals surface area (Å²) in [5.41, 5.74) is 0. The molecule has 2 aliphatic heterocycles. The third-order valence-corrected chi connectivity index (χ3v) is 7.17. The first-order valence-electron chi connectivity index (χ1n) is 11.0. The van der Waals surface area contributed by atoms with Crippen molar-refractivity contribution in [2.75, 3.05) is 13.2 Å². The molecule has 0 radical (unpaired) electrons. The minimum absolute atomic E-state index is 0.0321. The third kappa shape index (κ3) is 4.28. The average molecular weight is 390 g/mol. The fourth-order valence-corrected chi connectivity index (χ4v) is 5.07. The van der Waals surface area contributed by atoms with Crippen molar-refractivity contribution >= 4 is 11.9 Å². The smallest absolute Gasteiger partial charge is 0.312 e. The Morgan fingerprint density at radius 3 is 2.14 bits per heavy atom. The predicted molar refractivity (Wildman–Crippen MR) is 99.3 cm³/mol. The predicted octanol–water partition coefficient (Wildman–Crippen LogP) is 2.79. The van der Waals surface area contributed by atoms with E-state index in [1.165, 1.54) is 0 Å². The molecule has 5 rings (SSSR count). The van der Waals surface area contributed by atoms with Gasteiger partial charge in [-0.25, -0.2) is 0 Å². The fraction of sp³-hybridized carbons (Fsp3) is 0.818. The molecular weight excluding hydrogens is 360 g/mol. The largest absolute Gasteiger partial charge is 0.465 e. The van der Waals surface area contributed by atoms with Crippen molar-refractivity contribution < 1.29 is 28.5 Å². The molecule has 3 aliphatic carbocycles. The van der Waals surface area contributed by atoms with E-state index >= 15 is 0 Å². The maximum atomic E-state index is 12.3. The summed E-state index contributed by atoms with van der Waals surface area (Å²) in [6.45, 7) is 1.04. The molecule has 154 valence electrons. The first-order valence-corrected chi connectivity index (χ1v) is 11.0. The van der Waals surface area contributed by atoms with Crippen LogP contribution in [0.25, 0.3) is 0 Å². The number of ether oxygens (including phenoxy) is 4. The number of hydrogen-bond donors (Lipinski definition) is 0. The van der Waals surface area contributed by atoms with Crippen molar-refractivity contribution in [3.8, 4) is 0 Å². The summed E-state index contributed by atoms with van der Waals surface area (Å²) in [5.74, 6) is 0.605. The van der Waals surface area contributed by atoms with Gasteiger partial charge in [-0.05, 0) is 63.2 Å². The zero-order valence-corrected chi connectivity index (χ0v) is 16.3. The van der Waals surface area contributed by atoms with Crippen LogP contribution in [0.4, 0.5) is 0 Å². The van der Waals surface area contributed by atoms with E-state index in [1.54, 1.807) is 0 Å². The van der Waals surface area contributed by atoms with Crippen LogP contribution in [0.15, 0.2) is 12.2 Å². The van der Waals surface area contributed by atoms with Crippen LogP contribution in [0, 0.1) is 23.7 Å². The Labute approximate surface area is 165 Å². The molecule has 0 amide bonds. The van der Waals surface area contributed by atoms with Gasteiger partial charge in [0.25, 0.3) is 0 Å². The van der Waals surface area contributed by atoms with Crippen LogP contribution in [0.5, 0.6) is 0 Å². The molecule has 2 saturated heterocycles. The van der Waals surface area contributed by atoms with E-state index in [0.717, 1.165) is 51.4 Å². The molecule has 0 aromatic heterocycles. The van der Waals surface area contributed by atoms with Crippen LogP contribution in [0.2, 0.25) is 0 Å². The summed E-state index contributed by atoms with van der Waals surface area (Å²) in [6.07, 6.45) is 12.8. The highest BCUT2D eigenvalue weighted by Crippen LogP contribution is 2.40. The van der Waals surface area contributed by atoms with E-state index < -0.39 is 0 Å². The van der Waals surface area contributed by atoms with Crippen LogP contribution in [0.3, 0.4) is 0 Å². The van der Waals surface area contributed by atoms with Gasteiger partial charge in [-0.15, -0.1) is 0 Å². The summed E-state index contributed by atoms with van der Waals surface area (Å²) in [7, 11) is 0. The highest BCUT2D eigenvalue weighted by molar-refractivity contribution is 5.75. The maximum Gasteiger partial charge on any atom is 0.312 e. The molecule has 0 aromatic carbocycles. The van der Waals surface area contributed by atoms with Crippen LogP contribution >= 0.6 is 0 Å². The molecule has 6 atom stereocenters. The van der Waals surface area contributed by atoms with Gasteiger partial charge in [0.2, 0.25) is 0 Å². The van der Waals surface area contributed by atoms with Gasteiger partial charge in [-0.2, -0.15) is 0 Å². The lowest BCUT2D eigenvalue weighted by molar-refractivity contribution is -0.152. The quantitative estimate of drug-likeness (QED) is 0.394. The van der Waals surface area contributed by atoms with Gasteiger partial charge in [0.1, 0.15) is 6.10 Å². The highest BCUT2D eigenvalue weighted by atomic mass is 16.6. The zero-order chi connectivity index (χ0) is 19.1. The molecule has 6 unspecified atom stereocenters. The van der Waals surface area contributed by atoms with Gasteiger partial charge in [-0.3, -0.25) is 9.59 Å². The number of esters is 2. The zero-order valence-electron chi connectivity index (χ0n) is 16.3. The lowest BCUT2D eigenvalue weighted by Crippen LogP contribution is -2.28. The van der Waals surface area contributed by atoms with Crippen molar-refractivity contribution in [2.45, 2.75) is 75.8 Å². The Morgan fingerprint density at radius 2 is 1.46 bits per heavy atom. The monoisotopic (exact) mass is 390 g/mol. The molecule has 2 saturated carbocycles. The second-order valence-electron chi connectivity index (χ2n) is 9.24. The van der Waals surface area contributed by atoms with Gasteiger partial charge >= 0.3 is 11.9 Å². The lowest BCUT2D eigenvalue weighted by atomic mass is 9.82. The van der Waals surface area contributed by atoms with Crippen molar-refractivity contribution in [1.29, 1.82) is 0 Å². The van der Waals surface area contributed by atoms with Crippen LogP contribution in [0.1, 0.15) is 51.4 Å². The number of hydrogen-bond acceptors (Lipinski definition) is 6. The number of fused-ring (bicyclic) bond motifs is 2. The van der Waals surface area contributed by atoms with Gasteiger partial charge in [0.05, 0.1) is 43.4 Å². The van der Waals surface area contributed by atoms with Gasteiger partial charge < -0.3 is 18.9 Å². The van der Waals surface area contributed by atoms with Gasteiger partial charge in [0, 0.05) is 0 Å². The summed E-state index contributed by atoms with van der Waals surface area (Å²) < 4.78 is 22.1. The molecule has 6 nitrogen and oxygen atoms in total. The number of epoxide rings is 2. The second-order valence-corrected chi connectivity index (χ2v) is 9.24. The molecule has 0 spiro atoms. The van der Waals surface area contributed by atoms with E-state index in [1.807, 2.05) is 12.2 Å². The topological polar surface area (TPSA) is 77.7 Å². The normalized spacial score (nSPS) is 43.4. The summed E-state index contributed by atoms with van der Waals surface area (Å²) in [5, 5.41) is 0. The number of rotatable bonds is 6. The first-order chi connectivity index (χ1) is 13.7. The summed E-state index contributed by atoms with van der Waals surface area (Å²) >= 11 is 0. The van der Waals surface area contributed by atoms with Crippen molar-refractivity contribution in [2.24, 2.45) is 23.7 Å². The Bertz CT molecular complexity index is 637. The van der Waals surface area contributed by atoms with E-state index in [4.69, 9.17) is 18.9 Å². The van der Waals surface area contributed by atoms with Gasteiger partial charge in [0.15, 0.2) is 0 Å². The Hall–Kier alpha value is -1.40. The Morgan fingerprint density at radius 1 is 0.750 bits per heavy atom. The van der Waals surface area contributed by atoms with Gasteiger partial charge in [-0.1, -0.05) is 12.2 Å². The fourth-order valence-electron chi connectivity index (χ4n) is 5.07. The SMILES string of the molecule is O=C(OCC1CCC(COC(=O)C2CCC3OC3C2)CC1)C1C=CC2OC2C1. The van der Waals surface area contributed by atoms with E-state index in [2.05, 4.69) is 0 Å². The molecule has 2 heterocycles. The van der Waals surface area contributed by atoms with Crippen LogP contribution in [-0.4, -0.2) is 49.6 Å². The second kappa shape index (κ2) is 7.79. The molecule has 5 aliphatic rings. The van der Waals surface area contributed by atoms with Crippen LogP contribution in [-0.2, 0) is 28.5 Å². The average Bonchev–Trinajstić information content (AvgIpc) is 3.63. The minimum atomic E-state index is -0.143. The highest BCUT2D eigenvalue weighted by Gasteiger charge is 2.46.